The van der Waals surface area contributed by atoms with Gasteiger partial charge in [-0.25, -0.2) is 9.78 Å². The van der Waals surface area contributed by atoms with Crippen LogP contribution in [0.4, 0.5) is 5.69 Å². The third kappa shape index (κ3) is 5.03. The number of thiazole rings is 1. The standard InChI is InChI=1S/C22H20N6O3S/c1-14-7-8-15(2)18(9-14)25-20(29)10-21-24-16(12-32-21)11-31-22(30)17-5-3-4-6-19(17)28-13-23-26-27-28/h3-9,12-13H,10-11H2,1-2H3,(H,25,29). The van der Waals surface area contributed by atoms with Crippen LogP contribution in [0.3, 0.4) is 0 Å². The lowest BCUT2D eigenvalue weighted by molar-refractivity contribution is -0.115. The largest absolute Gasteiger partial charge is 0.455 e. The Labute approximate surface area is 188 Å². The van der Waals surface area contributed by atoms with Gasteiger partial charge in [0.05, 0.1) is 23.4 Å². The summed E-state index contributed by atoms with van der Waals surface area (Å²) >= 11 is 1.35. The predicted molar refractivity (Wildman–Crippen MR) is 119 cm³/mol. The first kappa shape index (κ1) is 21.3. The minimum Gasteiger partial charge on any atom is -0.455 e. The molecule has 162 valence electrons. The van der Waals surface area contributed by atoms with Crippen molar-refractivity contribution in [1.29, 1.82) is 0 Å². The van der Waals surface area contributed by atoms with Crippen molar-refractivity contribution in [3.8, 4) is 5.69 Å². The SMILES string of the molecule is Cc1ccc(C)c(NC(=O)Cc2nc(COC(=O)c3ccccc3-n3cnnn3)cs2)c1. The molecule has 1 amide bonds. The molecule has 0 aliphatic carbocycles. The summed E-state index contributed by atoms with van der Waals surface area (Å²) in [5, 5.41) is 16.4. The molecule has 0 fully saturated rings. The van der Waals surface area contributed by atoms with Gasteiger partial charge in [0.25, 0.3) is 0 Å². The predicted octanol–water partition coefficient (Wildman–Crippen LogP) is 3.27. The van der Waals surface area contributed by atoms with E-state index in [0.717, 1.165) is 16.8 Å². The average molecular weight is 449 g/mol. The van der Waals surface area contributed by atoms with Crippen LogP contribution in [0.1, 0.15) is 32.2 Å². The smallest absolute Gasteiger partial charge is 0.340 e. The third-order valence-electron chi connectivity index (χ3n) is 4.65. The van der Waals surface area contributed by atoms with Crippen molar-refractivity contribution >= 4 is 28.9 Å². The molecule has 0 bridgehead atoms. The van der Waals surface area contributed by atoms with E-state index in [-0.39, 0.29) is 18.9 Å². The molecule has 0 saturated heterocycles. The quantitative estimate of drug-likeness (QED) is 0.432. The van der Waals surface area contributed by atoms with Crippen molar-refractivity contribution in [2.24, 2.45) is 0 Å². The van der Waals surface area contributed by atoms with Crippen molar-refractivity contribution < 1.29 is 14.3 Å². The number of tetrazole rings is 1. The van der Waals surface area contributed by atoms with Crippen molar-refractivity contribution in [1.82, 2.24) is 25.2 Å². The lowest BCUT2D eigenvalue weighted by atomic mass is 10.1. The molecule has 0 radical (unpaired) electrons. The fourth-order valence-electron chi connectivity index (χ4n) is 3.03. The van der Waals surface area contributed by atoms with Crippen LogP contribution in [-0.2, 0) is 22.6 Å². The van der Waals surface area contributed by atoms with E-state index in [2.05, 4.69) is 25.8 Å². The molecule has 1 N–H and O–H groups in total. The first-order valence-corrected chi connectivity index (χ1v) is 10.7. The molecular formula is C22H20N6O3S. The number of anilines is 1. The molecule has 0 aliphatic heterocycles. The first-order valence-electron chi connectivity index (χ1n) is 9.79. The highest BCUT2D eigenvalue weighted by atomic mass is 32.1. The van der Waals surface area contributed by atoms with E-state index in [1.54, 1.807) is 29.6 Å². The number of aryl methyl sites for hydroxylation is 2. The molecule has 0 spiro atoms. The number of amides is 1. The third-order valence-corrected chi connectivity index (χ3v) is 5.55. The number of aromatic nitrogens is 5. The molecule has 0 saturated carbocycles. The van der Waals surface area contributed by atoms with Gasteiger partial charge in [0.1, 0.15) is 17.9 Å². The fraction of sp³-hybridized carbons (Fsp3) is 0.182. The monoisotopic (exact) mass is 448 g/mol. The Balaban J connectivity index is 1.35. The molecule has 10 heteroatoms. The zero-order chi connectivity index (χ0) is 22.5. The Morgan fingerprint density at radius 1 is 1.16 bits per heavy atom. The van der Waals surface area contributed by atoms with Gasteiger partial charge in [-0.05, 0) is 53.6 Å². The summed E-state index contributed by atoms with van der Waals surface area (Å²) < 4.78 is 6.81. The summed E-state index contributed by atoms with van der Waals surface area (Å²) in [5.74, 6) is -0.662. The van der Waals surface area contributed by atoms with Crippen molar-refractivity contribution in [2.45, 2.75) is 26.9 Å². The van der Waals surface area contributed by atoms with Crippen LogP contribution in [0.15, 0.2) is 54.2 Å². The highest BCUT2D eigenvalue weighted by Crippen LogP contribution is 2.19. The van der Waals surface area contributed by atoms with Gasteiger partial charge in [0.15, 0.2) is 0 Å². The maximum atomic E-state index is 12.6. The van der Waals surface area contributed by atoms with Crippen LogP contribution in [0, 0.1) is 13.8 Å². The first-order chi connectivity index (χ1) is 15.5. The number of rotatable bonds is 7. The fourth-order valence-corrected chi connectivity index (χ4v) is 3.81. The summed E-state index contributed by atoms with van der Waals surface area (Å²) in [4.78, 5) is 29.4. The minimum atomic E-state index is -0.515. The zero-order valence-electron chi connectivity index (χ0n) is 17.5. The maximum absolute atomic E-state index is 12.6. The number of hydrogen-bond donors (Lipinski definition) is 1. The molecule has 4 rings (SSSR count). The molecule has 0 atom stereocenters. The Hall–Kier alpha value is -3.92. The number of carbonyl (C=O) groups is 2. The van der Waals surface area contributed by atoms with E-state index in [1.807, 2.05) is 32.0 Å². The number of hydrogen-bond acceptors (Lipinski definition) is 8. The highest BCUT2D eigenvalue weighted by molar-refractivity contribution is 7.09. The van der Waals surface area contributed by atoms with Crippen LogP contribution < -0.4 is 5.32 Å². The highest BCUT2D eigenvalue weighted by Gasteiger charge is 2.16. The van der Waals surface area contributed by atoms with Gasteiger partial charge in [0, 0.05) is 11.1 Å². The van der Waals surface area contributed by atoms with Gasteiger partial charge in [-0.3, -0.25) is 4.79 Å². The van der Waals surface area contributed by atoms with Gasteiger partial charge >= 0.3 is 5.97 Å². The molecule has 0 aliphatic rings. The average Bonchev–Trinajstić information content (AvgIpc) is 3.47. The Bertz CT molecular complexity index is 1250. The minimum absolute atomic E-state index is 0.00210. The van der Waals surface area contributed by atoms with Crippen LogP contribution in [0.25, 0.3) is 5.69 Å². The summed E-state index contributed by atoms with van der Waals surface area (Å²) in [6.45, 7) is 3.92. The number of nitrogens with zero attached hydrogens (tertiary/aromatic N) is 5. The maximum Gasteiger partial charge on any atom is 0.340 e. The number of carbonyl (C=O) groups excluding carboxylic acids is 2. The topological polar surface area (TPSA) is 112 Å². The van der Waals surface area contributed by atoms with Gasteiger partial charge < -0.3 is 10.1 Å². The summed E-state index contributed by atoms with van der Waals surface area (Å²) in [7, 11) is 0. The number of para-hydroxylation sites is 1. The van der Waals surface area contributed by atoms with Crippen molar-refractivity contribution in [3.63, 3.8) is 0 Å². The number of benzene rings is 2. The van der Waals surface area contributed by atoms with Crippen molar-refractivity contribution in [3.05, 3.63) is 81.6 Å². The van der Waals surface area contributed by atoms with E-state index in [4.69, 9.17) is 4.74 Å². The molecule has 32 heavy (non-hydrogen) atoms. The zero-order valence-corrected chi connectivity index (χ0v) is 18.3. The second-order valence-electron chi connectivity index (χ2n) is 7.12. The molecule has 2 heterocycles. The number of ether oxygens (including phenoxy) is 1. The van der Waals surface area contributed by atoms with Crippen LogP contribution in [-0.4, -0.2) is 37.1 Å². The van der Waals surface area contributed by atoms with Crippen LogP contribution >= 0.6 is 11.3 Å². The number of esters is 1. The van der Waals surface area contributed by atoms with E-state index in [9.17, 15) is 9.59 Å². The normalized spacial score (nSPS) is 10.7. The van der Waals surface area contributed by atoms with Gasteiger partial charge in [0.2, 0.25) is 5.91 Å². The molecule has 4 aromatic rings. The number of nitrogens with one attached hydrogen (secondary N) is 1. The molecule has 2 aromatic carbocycles. The summed E-state index contributed by atoms with van der Waals surface area (Å²) in [5.41, 5.74) is 4.30. The second-order valence-corrected chi connectivity index (χ2v) is 8.07. The van der Waals surface area contributed by atoms with Crippen LogP contribution in [0.5, 0.6) is 0 Å². The second kappa shape index (κ2) is 9.48. The van der Waals surface area contributed by atoms with Crippen LogP contribution in [0.2, 0.25) is 0 Å². The van der Waals surface area contributed by atoms with Gasteiger partial charge in [-0.1, -0.05) is 24.3 Å². The van der Waals surface area contributed by atoms with Gasteiger partial charge in [-0.15, -0.1) is 16.4 Å². The molecule has 2 aromatic heterocycles. The van der Waals surface area contributed by atoms with Crippen molar-refractivity contribution in [2.75, 3.05) is 5.32 Å². The Kier molecular flexibility index (Phi) is 6.31. The summed E-state index contributed by atoms with van der Waals surface area (Å²) in [6, 6.07) is 12.8. The Morgan fingerprint density at radius 2 is 2.00 bits per heavy atom. The lowest BCUT2D eigenvalue weighted by Gasteiger charge is -2.08. The van der Waals surface area contributed by atoms with E-state index in [1.165, 1.54) is 22.3 Å². The van der Waals surface area contributed by atoms with E-state index >= 15 is 0 Å². The molecule has 0 unspecified atom stereocenters. The van der Waals surface area contributed by atoms with E-state index in [0.29, 0.717) is 22.0 Å². The Morgan fingerprint density at radius 3 is 2.81 bits per heavy atom. The summed E-state index contributed by atoms with van der Waals surface area (Å²) in [6.07, 6.45) is 1.55. The molecule has 9 nitrogen and oxygen atoms in total. The molecular weight excluding hydrogens is 428 g/mol. The lowest BCUT2D eigenvalue weighted by Crippen LogP contribution is -2.15. The van der Waals surface area contributed by atoms with Gasteiger partial charge in [-0.2, -0.15) is 4.68 Å². The van der Waals surface area contributed by atoms with E-state index < -0.39 is 5.97 Å².